The van der Waals surface area contributed by atoms with Crippen LogP contribution in [-0.4, -0.2) is 24.5 Å². The molecule has 8 nitrogen and oxygen atoms in total. The number of amides is 1. The molecule has 0 atom stereocenters. The largest absolute Gasteiger partial charge is 0.343 e. The lowest BCUT2D eigenvalue weighted by Gasteiger charge is -2.09. The number of sulfonamides is 1. The quantitative estimate of drug-likeness (QED) is 0.445. The number of rotatable bonds is 7. The fourth-order valence-corrected chi connectivity index (χ4v) is 4.11. The summed E-state index contributed by atoms with van der Waals surface area (Å²) in [4.78, 5) is 16.8. The van der Waals surface area contributed by atoms with Gasteiger partial charge in [-0.1, -0.05) is 53.2 Å². The van der Waals surface area contributed by atoms with E-state index in [1.54, 1.807) is 30.3 Å². The van der Waals surface area contributed by atoms with Crippen molar-refractivity contribution in [2.24, 2.45) is 0 Å². The predicted molar refractivity (Wildman–Crippen MR) is 119 cm³/mol. The van der Waals surface area contributed by atoms with Crippen molar-refractivity contribution < 1.29 is 17.7 Å². The fraction of sp³-hybridized carbons (Fsp3) is 0.0870. The lowest BCUT2D eigenvalue weighted by Crippen LogP contribution is -2.23. The number of anilines is 1. The molecule has 0 aliphatic rings. The first-order chi connectivity index (χ1) is 15.4. The Balaban J connectivity index is 1.43. The minimum atomic E-state index is -3.84. The Morgan fingerprint density at radius 2 is 1.75 bits per heavy atom. The molecule has 4 aromatic rings. The van der Waals surface area contributed by atoms with Crippen molar-refractivity contribution in [3.63, 3.8) is 0 Å². The predicted octanol–water partition coefficient (Wildman–Crippen LogP) is 3.78. The second-order valence-corrected chi connectivity index (χ2v) is 8.75. The normalized spacial score (nSPS) is 11.2. The number of nitrogens with zero attached hydrogens (tertiary/aromatic N) is 2. The van der Waals surface area contributed by atoms with Gasteiger partial charge in [-0.15, -0.1) is 0 Å². The number of carbonyl (C=O) groups is 1. The molecule has 0 saturated heterocycles. The third kappa shape index (κ3) is 5.01. The van der Waals surface area contributed by atoms with Crippen LogP contribution in [0.1, 0.15) is 21.8 Å². The van der Waals surface area contributed by atoms with Gasteiger partial charge in [0.2, 0.25) is 11.7 Å². The zero-order valence-electron chi connectivity index (χ0n) is 17.1. The van der Waals surface area contributed by atoms with Crippen LogP contribution in [0, 0.1) is 6.92 Å². The minimum Gasteiger partial charge on any atom is -0.343 e. The number of aromatic nitrogens is 2. The summed E-state index contributed by atoms with van der Waals surface area (Å²) in [6.45, 7) is 1.98. The summed E-state index contributed by atoms with van der Waals surface area (Å²) < 4.78 is 33.0. The molecule has 1 heterocycles. The number of carbonyl (C=O) groups excluding carboxylic acids is 1. The summed E-state index contributed by atoms with van der Waals surface area (Å²) in [7, 11) is -3.84. The lowest BCUT2D eigenvalue weighted by atomic mass is 10.1. The molecule has 0 unspecified atom stereocenters. The van der Waals surface area contributed by atoms with Gasteiger partial charge in [0.1, 0.15) is 0 Å². The highest BCUT2D eigenvalue weighted by atomic mass is 32.2. The minimum absolute atomic E-state index is 0.0108. The molecule has 0 saturated carbocycles. The topological polar surface area (TPSA) is 114 Å². The molecule has 0 fully saturated rings. The first kappa shape index (κ1) is 21.3. The van der Waals surface area contributed by atoms with E-state index in [4.69, 9.17) is 4.52 Å². The van der Waals surface area contributed by atoms with Crippen molar-refractivity contribution in [3.8, 4) is 11.4 Å². The number of para-hydroxylation sites is 1. The van der Waals surface area contributed by atoms with Crippen LogP contribution in [0.3, 0.4) is 0 Å². The second-order valence-electron chi connectivity index (χ2n) is 7.06. The van der Waals surface area contributed by atoms with E-state index in [2.05, 4.69) is 20.2 Å². The number of hydrogen-bond donors (Lipinski definition) is 2. The Bertz CT molecular complexity index is 1350. The number of aryl methyl sites for hydroxylation is 1. The van der Waals surface area contributed by atoms with Crippen molar-refractivity contribution >= 4 is 21.6 Å². The molecule has 1 amide bonds. The maximum atomic E-state index is 12.6. The lowest BCUT2D eigenvalue weighted by molar-refractivity contribution is 0.0946. The summed E-state index contributed by atoms with van der Waals surface area (Å²) in [5.74, 6) is 0.208. The van der Waals surface area contributed by atoms with E-state index >= 15 is 0 Å². The van der Waals surface area contributed by atoms with Gasteiger partial charge in [0.05, 0.1) is 11.4 Å². The van der Waals surface area contributed by atoms with Crippen LogP contribution < -0.4 is 10.0 Å². The summed E-state index contributed by atoms with van der Waals surface area (Å²) in [6.07, 6.45) is 0. The molecule has 162 valence electrons. The van der Waals surface area contributed by atoms with Gasteiger partial charge in [-0.25, -0.2) is 8.42 Å². The number of hydrogen-bond acceptors (Lipinski definition) is 6. The van der Waals surface area contributed by atoms with E-state index in [0.29, 0.717) is 11.5 Å². The van der Waals surface area contributed by atoms with E-state index in [9.17, 15) is 13.2 Å². The fourth-order valence-electron chi connectivity index (χ4n) is 3.01. The van der Waals surface area contributed by atoms with Gasteiger partial charge >= 0.3 is 0 Å². The second kappa shape index (κ2) is 9.03. The monoisotopic (exact) mass is 448 g/mol. The van der Waals surface area contributed by atoms with Crippen molar-refractivity contribution in [1.29, 1.82) is 0 Å². The van der Waals surface area contributed by atoms with E-state index in [0.717, 1.165) is 11.1 Å². The molecular formula is C23H20N4O4S. The summed E-state index contributed by atoms with van der Waals surface area (Å²) in [5, 5.41) is 6.61. The Morgan fingerprint density at radius 3 is 2.53 bits per heavy atom. The van der Waals surface area contributed by atoms with E-state index in [-0.39, 0.29) is 22.9 Å². The van der Waals surface area contributed by atoms with Crippen LogP contribution in [0.25, 0.3) is 11.4 Å². The van der Waals surface area contributed by atoms with Crippen LogP contribution >= 0.6 is 0 Å². The van der Waals surface area contributed by atoms with Gasteiger partial charge in [-0.3, -0.25) is 9.52 Å². The molecule has 0 bridgehead atoms. The van der Waals surface area contributed by atoms with Crippen molar-refractivity contribution in [3.05, 3.63) is 95.9 Å². The van der Waals surface area contributed by atoms with E-state index in [1.807, 2.05) is 31.2 Å². The Hall–Kier alpha value is -3.98. The maximum Gasteiger partial charge on any atom is 0.261 e. The Labute approximate surface area is 185 Å². The average molecular weight is 449 g/mol. The third-order valence-electron chi connectivity index (χ3n) is 4.58. The van der Waals surface area contributed by atoms with Crippen LogP contribution in [-0.2, 0) is 16.6 Å². The van der Waals surface area contributed by atoms with Gasteiger partial charge in [-0.2, -0.15) is 4.98 Å². The number of benzene rings is 3. The maximum absolute atomic E-state index is 12.6. The van der Waals surface area contributed by atoms with Crippen LogP contribution in [0.2, 0.25) is 0 Å². The highest BCUT2D eigenvalue weighted by Crippen LogP contribution is 2.18. The van der Waals surface area contributed by atoms with Crippen molar-refractivity contribution in [1.82, 2.24) is 15.5 Å². The van der Waals surface area contributed by atoms with Crippen molar-refractivity contribution in [2.45, 2.75) is 18.4 Å². The molecule has 0 radical (unpaired) electrons. The summed E-state index contributed by atoms with van der Waals surface area (Å²) in [5.41, 5.74) is 2.51. The van der Waals surface area contributed by atoms with Gasteiger partial charge in [0, 0.05) is 16.8 Å². The van der Waals surface area contributed by atoms with Gasteiger partial charge in [0.25, 0.3) is 15.9 Å². The Kier molecular flexibility index (Phi) is 6.00. The zero-order chi connectivity index (χ0) is 22.6. The first-order valence-corrected chi connectivity index (χ1v) is 11.2. The van der Waals surface area contributed by atoms with Crippen molar-refractivity contribution in [2.75, 3.05) is 4.72 Å². The van der Waals surface area contributed by atoms with E-state index in [1.165, 1.54) is 24.3 Å². The molecule has 0 spiro atoms. The van der Waals surface area contributed by atoms with Gasteiger partial charge in [0.15, 0.2) is 0 Å². The van der Waals surface area contributed by atoms with Crippen LogP contribution in [0.15, 0.2) is 88.3 Å². The van der Waals surface area contributed by atoms with Gasteiger partial charge < -0.3 is 9.84 Å². The molecule has 32 heavy (non-hydrogen) atoms. The van der Waals surface area contributed by atoms with Crippen LogP contribution in [0.4, 0.5) is 5.69 Å². The first-order valence-electron chi connectivity index (χ1n) is 9.76. The van der Waals surface area contributed by atoms with Gasteiger partial charge in [-0.05, 0) is 43.3 Å². The molecule has 9 heteroatoms. The molecule has 3 aromatic carbocycles. The number of nitrogens with one attached hydrogen (secondary N) is 2. The standard InChI is InChI=1S/C23H20N4O4S/c1-16-7-5-8-17(13-16)22-25-21(31-26-22)15-24-23(28)18-9-6-12-20(14-18)32(29,30)27-19-10-3-2-4-11-19/h2-14,27H,15H2,1H3,(H,24,28). The molecule has 2 N–H and O–H groups in total. The molecule has 1 aromatic heterocycles. The zero-order valence-corrected chi connectivity index (χ0v) is 18.0. The molecular weight excluding hydrogens is 428 g/mol. The smallest absolute Gasteiger partial charge is 0.261 e. The Morgan fingerprint density at radius 1 is 0.969 bits per heavy atom. The molecule has 4 rings (SSSR count). The van der Waals surface area contributed by atoms with E-state index < -0.39 is 15.9 Å². The SMILES string of the molecule is Cc1cccc(-c2noc(CNC(=O)c3cccc(S(=O)(=O)Nc4ccccc4)c3)n2)c1. The molecule has 0 aliphatic carbocycles. The highest BCUT2D eigenvalue weighted by molar-refractivity contribution is 7.92. The third-order valence-corrected chi connectivity index (χ3v) is 5.96. The highest BCUT2D eigenvalue weighted by Gasteiger charge is 2.17. The average Bonchev–Trinajstić information content (AvgIpc) is 3.27. The van der Waals surface area contributed by atoms with Crippen LogP contribution in [0.5, 0.6) is 0 Å². The summed E-state index contributed by atoms with van der Waals surface area (Å²) >= 11 is 0. The molecule has 0 aliphatic heterocycles. The summed E-state index contributed by atoms with van der Waals surface area (Å²) in [6, 6.07) is 22.0.